The number of hydrogen-bond acceptors (Lipinski definition) is 2. The lowest BCUT2D eigenvalue weighted by Crippen LogP contribution is -2.25. The Labute approximate surface area is 125 Å². The van der Waals surface area contributed by atoms with E-state index >= 15 is 0 Å². The average Bonchev–Trinajstić information content (AvgIpc) is 2.91. The minimum atomic E-state index is 0.277. The van der Waals surface area contributed by atoms with Gasteiger partial charge in [-0.15, -0.1) is 0 Å². The second-order valence-electron chi connectivity index (χ2n) is 5.46. The molecule has 0 saturated carbocycles. The zero-order chi connectivity index (χ0) is 14.7. The van der Waals surface area contributed by atoms with Gasteiger partial charge in [0.25, 0.3) is 0 Å². The van der Waals surface area contributed by atoms with Gasteiger partial charge in [-0.25, -0.2) is 0 Å². The van der Waals surface area contributed by atoms with E-state index in [4.69, 9.17) is 0 Å². The van der Waals surface area contributed by atoms with E-state index in [0.717, 1.165) is 13.1 Å². The molecule has 21 heavy (non-hydrogen) atoms. The number of nitrogens with one attached hydrogen (secondary N) is 1. The molecule has 1 atom stereocenters. The van der Waals surface area contributed by atoms with E-state index in [1.54, 1.807) is 0 Å². The van der Waals surface area contributed by atoms with Gasteiger partial charge in [0, 0.05) is 6.20 Å². The van der Waals surface area contributed by atoms with Crippen LogP contribution in [0.25, 0.3) is 10.8 Å². The van der Waals surface area contributed by atoms with Gasteiger partial charge < -0.3 is 5.32 Å². The van der Waals surface area contributed by atoms with Crippen LogP contribution in [0.2, 0.25) is 0 Å². The first kappa shape index (κ1) is 13.8. The molecule has 2 aromatic carbocycles. The highest BCUT2D eigenvalue weighted by Crippen LogP contribution is 2.21. The van der Waals surface area contributed by atoms with Gasteiger partial charge in [-0.05, 0) is 41.4 Å². The maximum atomic E-state index is 4.40. The van der Waals surface area contributed by atoms with Crippen molar-refractivity contribution < 1.29 is 0 Å². The van der Waals surface area contributed by atoms with Crippen LogP contribution in [0.5, 0.6) is 0 Å². The maximum absolute atomic E-state index is 4.40. The number of fused-ring (bicyclic) bond motifs is 1. The Morgan fingerprint density at radius 1 is 1.14 bits per heavy atom. The monoisotopic (exact) mass is 279 g/mol. The molecule has 0 spiro atoms. The lowest BCUT2D eigenvalue weighted by molar-refractivity contribution is 0.448. The number of aromatic nitrogens is 2. The fourth-order valence-corrected chi connectivity index (χ4v) is 2.71. The minimum absolute atomic E-state index is 0.277. The van der Waals surface area contributed by atoms with Crippen molar-refractivity contribution in [2.24, 2.45) is 0 Å². The Hall–Kier alpha value is -2.13. The van der Waals surface area contributed by atoms with Crippen molar-refractivity contribution in [3.63, 3.8) is 0 Å². The summed E-state index contributed by atoms with van der Waals surface area (Å²) >= 11 is 0. The summed E-state index contributed by atoms with van der Waals surface area (Å²) in [4.78, 5) is 0. The van der Waals surface area contributed by atoms with E-state index in [9.17, 15) is 0 Å². The van der Waals surface area contributed by atoms with Gasteiger partial charge in [0.2, 0.25) is 0 Å². The first-order valence-electron chi connectivity index (χ1n) is 7.47. The molecule has 0 aliphatic rings. The van der Waals surface area contributed by atoms with Crippen molar-refractivity contribution in [3.8, 4) is 0 Å². The highest BCUT2D eigenvalue weighted by atomic mass is 15.3. The largest absolute Gasteiger partial charge is 0.309 e. The summed E-state index contributed by atoms with van der Waals surface area (Å²) in [6.07, 6.45) is 3.99. The molecular formula is C18H21N3. The normalized spacial score (nSPS) is 12.7. The Morgan fingerprint density at radius 3 is 2.67 bits per heavy atom. The first-order valence-corrected chi connectivity index (χ1v) is 7.47. The predicted octanol–water partition coefficient (Wildman–Crippen LogP) is 3.70. The van der Waals surface area contributed by atoms with Crippen LogP contribution in [0.4, 0.5) is 0 Å². The second-order valence-corrected chi connectivity index (χ2v) is 5.46. The number of nitrogens with zero attached hydrogens (tertiary/aromatic N) is 2. The van der Waals surface area contributed by atoms with Crippen LogP contribution < -0.4 is 5.32 Å². The fourth-order valence-electron chi connectivity index (χ4n) is 2.71. The summed E-state index contributed by atoms with van der Waals surface area (Å²) in [6, 6.07) is 15.5. The summed E-state index contributed by atoms with van der Waals surface area (Å²) in [5.74, 6) is 0. The Kier molecular flexibility index (Phi) is 4.02. The topological polar surface area (TPSA) is 29.9 Å². The third-order valence-electron chi connectivity index (χ3n) is 3.76. The van der Waals surface area contributed by atoms with E-state index < -0.39 is 0 Å². The Bertz CT molecular complexity index is 730. The summed E-state index contributed by atoms with van der Waals surface area (Å²) in [5.41, 5.74) is 2.51. The first-order chi connectivity index (χ1) is 10.3. The Morgan fingerprint density at radius 2 is 1.95 bits per heavy atom. The lowest BCUT2D eigenvalue weighted by atomic mass is 10.0. The van der Waals surface area contributed by atoms with E-state index in [0.29, 0.717) is 0 Å². The molecule has 1 heterocycles. The van der Waals surface area contributed by atoms with Crippen LogP contribution in [-0.4, -0.2) is 16.3 Å². The van der Waals surface area contributed by atoms with Crippen LogP contribution >= 0.6 is 0 Å². The molecule has 0 aliphatic heterocycles. The smallest absolute Gasteiger partial charge is 0.0604 e. The van der Waals surface area contributed by atoms with Crippen molar-refractivity contribution in [2.45, 2.75) is 26.4 Å². The van der Waals surface area contributed by atoms with Crippen molar-refractivity contribution in [3.05, 3.63) is 66.0 Å². The van der Waals surface area contributed by atoms with Gasteiger partial charge in [-0.1, -0.05) is 43.3 Å². The molecule has 3 aromatic rings. The van der Waals surface area contributed by atoms with Crippen LogP contribution in [0, 0.1) is 6.92 Å². The molecule has 1 N–H and O–H groups in total. The molecule has 0 fully saturated rings. The molecule has 0 saturated heterocycles. The zero-order valence-corrected chi connectivity index (χ0v) is 12.6. The van der Waals surface area contributed by atoms with Gasteiger partial charge in [0.1, 0.15) is 0 Å². The standard InChI is InChI=1S/C18H21N3/c1-3-19-18(13-21-12-14(2)11-20-21)17-9-8-15-6-4-5-7-16(15)10-17/h4-12,18-19H,3,13H2,1-2H3. The average molecular weight is 279 g/mol. The maximum Gasteiger partial charge on any atom is 0.0604 e. The minimum Gasteiger partial charge on any atom is -0.309 e. The van der Waals surface area contributed by atoms with Crippen molar-refractivity contribution in [1.82, 2.24) is 15.1 Å². The number of aryl methyl sites for hydroxylation is 1. The molecule has 1 aromatic heterocycles. The number of likely N-dealkylation sites (N-methyl/N-ethyl adjacent to an activating group) is 1. The van der Waals surface area contributed by atoms with Gasteiger partial charge in [0.05, 0.1) is 18.8 Å². The summed E-state index contributed by atoms with van der Waals surface area (Å²) in [6.45, 7) is 6.00. The third-order valence-corrected chi connectivity index (χ3v) is 3.76. The van der Waals surface area contributed by atoms with Gasteiger partial charge in [-0.3, -0.25) is 4.68 Å². The fraction of sp³-hybridized carbons (Fsp3) is 0.278. The summed E-state index contributed by atoms with van der Waals surface area (Å²) < 4.78 is 2.01. The van der Waals surface area contributed by atoms with Crippen molar-refractivity contribution >= 4 is 10.8 Å². The Balaban J connectivity index is 1.90. The molecular weight excluding hydrogens is 258 g/mol. The van der Waals surface area contributed by atoms with Crippen LogP contribution in [0.15, 0.2) is 54.9 Å². The molecule has 0 aliphatic carbocycles. The van der Waals surface area contributed by atoms with Gasteiger partial charge >= 0.3 is 0 Å². The van der Waals surface area contributed by atoms with Crippen LogP contribution in [0.1, 0.15) is 24.1 Å². The van der Waals surface area contributed by atoms with E-state index in [-0.39, 0.29) is 6.04 Å². The van der Waals surface area contributed by atoms with E-state index in [2.05, 4.69) is 72.9 Å². The summed E-state index contributed by atoms with van der Waals surface area (Å²) in [5, 5.41) is 10.5. The molecule has 3 rings (SSSR count). The van der Waals surface area contributed by atoms with Gasteiger partial charge in [-0.2, -0.15) is 5.10 Å². The number of hydrogen-bond donors (Lipinski definition) is 1. The molecule has 0 radical (unpaired) electrons. The summed E-state index contributed by atoms with van der Waals surface area (Å²) in [7, 11) is 0. The molecule has 1 unspecified atom stereocenters. The molecule has 0 amide bonds. The van der Waals surface area contributed by atoms with E-state index in [1.165, 1.54) is 21.9 Å². The number of benzene rings is 2. The molecule has 108 valence electrons. The third kappa shape index (κ3) is 3.14. The molecule has 0 bridgehead atoms. The highest BCUT2D eigenvalue weighted by molar-refractivity contribution is 5.83. The van der Waals surface area contributed by atoms with Gasteiger partial charge in [0.15, 0.2) is 0 Å². The predicted molar refractivity (Wildman–Crippen MR) is 87.3 cm³/mol. The highest BCUT2D eigenvalue weighted by Gasteiger charge is 2.12. The quantitative estimate of drug-likeness (QED) is 0.772. The van der Waals surface area contributed by atoms with Crippen molar-refractivity contribution in [1.29, 1.82) is 0 Å². The lowest BCUT2D eigenvalue weighted by Gasteiger charge is -2.19. The second kappa shape index (κ2) is 6.10. The van der Waals surface area contributed by atoms with Crippen LogP contribution in [0.3, 0.4) is 0 Å². The van der Waals surface area contributed by atoms with Crippen LogP contribution in [-0.2, 0) is 6.54 Å². The SMILES string of the molecule is CCNC(Cn1cc(C)cn1)c1ccc2ccccc2c1. The van der Waals surface area contributed by atoms with Crippen molar-refractivity contribution in [2.75, 3.05) is 6.54 Å². The zero-order valence-electron chi connectivity index (χ0n) is 12.6. The van der Waals surface area contributed by atoms with E-state index in [1.807, 2.05) is 10.9 Å². The molecule has 3 nitrogen and oxygen atoms in total. The number of rotatable bonds is 5. The molecule has 3 heteroatoms.